The van der Waals surface area contributed by atoms with Gasteiger partial charge in [0.1, 0.15) is 11.6 Å². The minimum Gasteiger partial charge on any atom is -0.369 e. The molecule has 0 N–H and O–H groups in total. The van der Waals surface area contributed by atoms with Crippen molar-refractivity contribution in [1.82, 2.24) is 4.90 Å². The first-order valence-corrected chi connectivity index (χ1v) is 8.96. The Bertz CT molecular complexity index is 790. The average molecular weight is 374 g/mol. The monoisotopic (exact) mass is 374 g/mol. The molecule has 0 aliphatic carbocycles. The molecule has 0 saturated carbocycles. The van der Waals surface area contributed by atoms with Crippen LogP contribution in [0.4, 0.5) is 20.2 Å². The minimum absolute atomic E-state index is 0.205. The van der Waals surface area contributed by atoms with Gasteiger partial charge in [-0.05, 0) is 56.2 Å². The molecule has 1 unspecified atom stereocenters. The summed E-state index contributed by atoms with van der Waals surface area (Å²) >= 11 is 0. The van der Waals surface area contributed by atoms with E-state index in [9.17, 15) is 18.9 Å². The smallest absolute Gasteiger partial charge is 0.275 e. The number of piperazine rings is 1. The van der Waals surface area contributed by atoms with Crippen LogP contribution in [-0.2, 0) is 0 Å². The molecule has 7 heteroatoms. The molecular weight excluding hydrogens is 352 g/mol. The number of nitro groups is 1. The summed E-state index contributed by atoms with van der Waals surface area (Å²) in [5.74, 6) is -0.847. The minimum atomic E-state index is -0.608. The zero-order valence-electron chi connectivity index (χ0n) is 15.1. The number of halogens is 2. The summed E-state index contributed by atoms with van der Waals surface area (Å²) in [5.41, 5.74) is 1.25. The Morgan fingerprint density at radius 2 is 1.70 bits per heavy atom. The van der Waals surface area contributed by atoms with Crippen molar-refractivity contribution in [3.63, 3.8) is 0 Å². The standard InChI is InChI=1S/C20H22F2N3O2/c1-15(2-3-16-4-5-18(22)14-20(16)25(26)27)23-10-12-24(13-11-23)19-8-6-17(21)7-9-19/h3-9,14-15H,2,10-13H2,1H3. The van der Waals surface area contributed by atoms with E-state index in [0.717, 1.165) is 37.9 Å². The molecule has 1 fully saturated rings. The second kappa shape index (κ2) is 8.43. The Hall–Kier alpha value is -2.54. The molecule has 2 aromatic rings. The van der Waals surface area contributed by atoms with Crippen LogP contribution >= 0.6 is 0 Å². The zero-order valence-corrected chi connectivity index (χ0v) is 15.1. The number of hydrogen-bond donors (Lipinski definition) is 0. The van der Waals surface area contributed by atoms with Crippen LogP contribution in [0.1, 0.15) is 18.9 Å². The lowest BCUT2D eigenvalue weighted by atomic mass is 10.0. The van der Waals surface area contributed by atoms with Crippen LogP contribution in [0, 0.1) is 28.2 Å². The molecule has 143 valence electrons. The summed E-state index contributed by atoms with van der Waals surface area (Å²) in [6.45, 7) is 5.48. The van der Waals surface area contributed by atoms with Crippen molar-refractivity contribution in [2.24, 2.45) is 0 Å². The SMILES string of the molecule is CC(C[CH]c1ccc(F)cc1[N+](=O)[O-])N1CCN(c2ccc(F)cc2)CC1. The summed E-state index contributed by atoms with van der Waals surface area (Å²) in [4.78, 5) is 15.1. The van der Waals surface area contributed by atoms with Crippen LogP contribution in [0.2, 0.25) is 0 Å². The lowest BCUT2D eigenvalue weighted by molar-refractivity contribution is -0.385. The highest BCUT2D eigenvalue weighted by Crippen LogP contribution is 2.24. The lowest BCUT2D eigenvalue weighted by Crippen LogP contribution is -2.49. The van der Waals surface area contributed by atoms with Crippen LogP contribution in [-0.4, -0.2) is 42.0 Å². The zero-order chi connectivity index (χ0) is 19.4. The maximum absolute atomic E-state index is 13.2. The highest BCUT2D eigenvalue weighted by atomic mass is 19.1. The first kappa shape index (κ1) is 19.2. The summed E-state index contributed by atoms with van der Waals surface area (Å²) in [6, 6.07) is 10.4. The third-order valence-electron chi connectivity index (χ3n) is 5.00. The Morgan fingerprint density at radius 3 is 2.33 bits per heavy atom. The van der Waals surface area contributed by atoms with Gasteiger partial charge in [0.05, 0.1) is 11.0 Å². The second-order valence-corrected chi connectivity index (χ2v) is 6.75. The van der Waals surface area contributed by atoms with Gasteiger partial charge in [0, 0.05) is 43.5 Å². The van der Waals surface area contributed by atoms with Gasteiger partial charge in [-0.1, -0.05) is 0 Å². The van der Waals surface area contributed by atoms with Gasteiger partial charge in [-0.15, -0.1) is 0 Å². The lowest BCUT2D eigenvalue weighted by Gasteiger charge is -2.39. The molecule has 3 rings (SSSR count). The first-order chi connectivity index (χ1) is 12.9. The first-order valence-electron chi connectivity index (χ1n) is 8.96. The van der Waals surface area contributed by atoms with E-state index in [1.54, 1.807) is 18.6 Å². The molecule has 1 saturated heterocycles. The fourth-order valence-corrected chi connectivity index (χ4v) is 3.37. The number of nitro benzene ring substituents is 1. The van der Waals surface area contributed by atoms with Gasteiger partial charge in [-0.2, -0.15) is 0 Å². The van der Waals surface area contributed by atoms with E-state index in [4.69, 9.17) is 0 Å². The summed E-state index contributed by atoms with van der Waals surface area (Å²) in [5, 5.41) is 11.1. The molecule has 0 bridgehead atoms. The molecule has 1 aliphatic rings. The Labute approximate surface area is 157 Å². The molecular formula is C20H22F2N3O2. The molecule has 0 aromatic heterocycles. The van der Waals surface area contributed by atoms with Gasteiger partial charge in [-0.3, -0.25) is 15.0 Å². The highest BCUT2D eigenvalue weighted by Gasteiger charge is 2.22. The van der Waals surface area contributed by atoms with E-state index in [1.807, 2.05) is 0 Å². The third kappa shape index (κ3) is 4.80. The van der Waals surface area contributed by atoms with E-state index in [-0.39, 0.29) is 17.5 Å². The molecule has 2 aromatic carbocycles. The van der Waals surface area contributed by atoms with E-state index >= 15 is 0 Å². The predicted octanol–water partition coefficient (Wildman–Crippen LogP) is 4.03. The van der Waals surface area contributed by atoms with Crippen molar-refractivity contribution in [3.8, 4) is 0 Å². The number of hydrogen-bond acceptors (Lipinski definition) is 4. The molecule has 5 nitrogen and oxygen atoms in total. The molecule has 27 heavy (non-hydrogen) atoms. The van der Waals surface area contributed by atoms with Crippen LogP contribution in [0.25, 0.3) is 0 Å². The maximum Gasteiger partial charge on any atom is 0.275 e. The van der Waals surface area contributed by atoms with Crippen LogP contribution in [0.5, 0.6) is 0 Å². The van der Waals surface area contributed by atoms with E-state index in [2.05, 4.69) is 16.7 Å². The number of benzene rings is 2. The van der Waals surface area contributed by atoms with Crippen molar-refractivity contribution in [1.29, 1.82) is 0 Å². The van der Waals surface area contributed by atoms with Crippen LogP contribution < -0.4 is 4.90 Å². The summed E-state index contributed by atoms with van der Waals surface area (Å²) in [6.07, 6.45) is 2.44. The molecule has 1 heterocycles. The van der Waals surface area contributed by atoms with Gasteiger partial charge in [0.15, 0.2) is 0 Å². The third-order valence-corrected chi connectivity index (χ3v) is 5.00. The van der Waals surface area contributed by atoms with Crippen molar-refractivity contribution < 1.29 is 13.7 Å². The second-order valence-electron chi connectivity index (χ2n) is 6.75. The fraction of sp³-hybridized carbons (Fsp3) is 0.350. The van der Waals surface area contributed by atoms with Gasteiger partial charge < -0.3 is 4.90 Å². The predicted molar refractivity (Wildman–Crippen MR) is 101 cm³/mol. The maximum atomic E-state index is 13.2. The summed E-state index contributed by atoms with van der Waals surface area (Å²) in [7, 11) is 0. The Kier molecular flexibility index (Phi) is 6.01. The average Bonchev–Trinajstić information content (AvgIpc) is 2.67. The van der Waals surface area contributed by atoms with Crippen molar-refractivity contribution in [3.05, 3.63) is 76.2 Å². The Morgan fingerprint density at radius 1 is 1.07 bits per heavy atom. The van der Waals surface area contributed by atoms with Gasteiger partial charge in [-0.25, -0.2) is 8.78 Å². The van der Waals surface area contributed by atoms with E-state index < -0.39 is 10.7 Å². The normalized spacial score (nSPS) is 16.3. The highest BCUT2D eigenvalue weighted by molar-refractivity contribution is 5.47. The topological polar surface area (TPSA) is 49.6 Å². The number of rotatable bonds is 6. The largest absolute Gasteiger partial charge is 0.369 e. The molecule has 1 aliphatic heterocycles. The Balaban J connectivity index is 1.53. The fourth-order valence-electron chi connectivity index (χ4n) is 3.37. The van der Waals surface area contributed by atoms with Gasteiger partial charge in [0.2, 0.25) is 0 Å². The van der Waals surface area contributed by atoms with Crippen LogP contribution in [0.3, 0.4) is 0 Å². The van der Waals surface area contributed by atoms with Crippen LogP contribution in [0.15, 0.2) is 42.5 Å². The van der Waals surface area contributed by atoms with Crippen molar-refractivity contribution in [2.75, 3.05) is 31.1 Å². The van der Waals surface area contributed by atoms with Gasteiger partial charge >= 0.3 is 0 Å². The number of nitrogens with zero attached hydrogens (tertiary/aromatic N) is 3. The molecule has 0 spiro atoms. The van der Waals surface area contributed by atoms with Gasteiger partial charge in [0.25, 0.3) is 5.69 Å². The van der Waals surface area contributed by atoms with E-state index in [0.29, 0.717) is 12.0 Å². The quantitative estimate of drug-likeness (QED) is 0.566. The van der Waals surface area contributed by atoms with Crippen molar-refractivity contribution in [2.45, 2.75) is 19.4 Å². The molecule has 0 amide bonds. The molecule has 1 radical (unpaired) electrons. The number of anilines is 1. The van der Waals surface area contributed by atoms with E-state index in [1.165, 1.54) is 24.3 Å². The molecule has 1 atom stereocenters. The van der Waals surface area contributed by atoms with Crippen molar-refractivity contribution >= 4 is 11.4 Å². The summed E-state index contributed by atoms with van der Waals surface area (Å²) < 4.78 is 26.3.